The van der Waals surface area contributed by atoms with Crippen molar-refractivity contribution in [3.8, 4) is 11.4 Å². The number of carbonyl (C=O) groups is 2. The van der Waals surface area contributed by atoms with Crippen LogP contribution in [-0.4, -0.2) is 35.4 Å². The van der Waals surface area contributed by atoms with Crippen LogP contribution in [0, 0.1) is 0 Å². The SMILES string of the molecule is CCOC(=O)c1ccccc1NC(=O)c1nn(-c2ccccc2)c(=O)cc1OC. The molecule has 0 unspecified atom stereocenters. The summed E-state index contributed by atoms with van der Waals surface area (Å²) in [4.78, 5) is 37.4. The summed E-state index contributed by atoms with van der Waals surface area (Å²) in [5.41, 5.74) is 0.419. The molecule has 8 heteroatoms. The first-order valence-corrected chi connectivity index (χ1v) is 8.86. The lowest BCUT2D eigenvalue weighted by molar-refractivity contribution is 0.0527. The zero-order valence-electron chi connectivity index (χ0n) is 15.9. The molecule has 1 aromatic heterocycles. The zero-order chi connectivity index (χ0) is 20.8. The molecule has 3 aromatic rings. The first-order chi connectivity index (χ1) is 14.0. The highest BCUT2D eigenvalue weighted by molar-refractivity contribution is 6.08. The van der Waals surface area contributed by atoms with E-state index in [0.717, 1.165) is 4.68 Å². The Labute approximate surface area is 166 Å². The lowest BCUT2D eigenvalue weighted by atomic mass is 10.1. The van der Waals surface area contributed by atoms with Crippen molar-refractivity contribution < 1.29 is 19.1 Å². The Morgan fingerprint density at radius 2 is 1.76 bits per heavy atom. The van der Waals surface area contributed by atoms with E-state index < -0.39 is 17.4 Å². The second-order valence-corrected chi connectivity index (χ2v) is 5.87. The number of amides is 1. The van der Waals surface area contributed by atoms with Crippen LogP contribution >= 0.6 is 0 Å². The Balaban J connectivity index is 2.00. The first-order valence-electron chi connectivity index (χ1n) is 8.86. The molecular weight excluding hydrogens is 374 g/mol. The second kappa shape index (κ2) is 8.83. The average Bonchev–Trinajstić information content (AvgIpc) is 2.74. The van der Waals surface area contributed by atoms with E-state index in [1.165, 1.54) is 13.2 Å². The molecule has 0 saturated heterocycles. The third kappa shape index (κ3) is 4.32. The van der Waals surface area contributed by atoms with Gasteiger partial charge in [0.1, 0.15) is 0 Å². The predicted octanol–water partition coefficient (Wildman–Crippen LogP) is 2.67. The molecule has 0 bridgehead atoms. The van der Waals surface area contributed by atoms with Crippen LogP contribution in [0.25, 0.3) is 5.69 Å². The Hall–Kier alpha value is -3.94. The molecule has 148 valence electrons. The van der Waals surface area contributed by atoms with Gasteiger partial charge in [0.05, 0.1) is 36.7 Å². The van der Waals surface area contributed by atoms with Crippen LogP contribution in [0.2, 0.25) is 0 Å². The number of rotatable bonds is 6. The number of hydrogen-bond acceptors (Lipinski definition) is 6. The number of nitrogens with one attached hydrogen (secondary N) is 1. The number of carbonyl (C=O) groups excluding carboxylic acids is 2. The van der Waals surface area contributed by atoms with E-state index in [-0.39, 0.29) is 29.3 Å². The number of anilines is 1. The van der Waals surface area contributed by atoms with Crippen LogP contribution in [0.4, 0.5) is 5.69 Å². The fourth-order valence-electron chi connectivity index (χ4n) is 2.67. The maximum atomic E-state index is 12.9. The monoisotopic (exact) mass is 393 g/mol. The van der Waals surface area contributed by atoms with Gasteiger partial charge < -0.3 is 14.8 Å². The molecule has 1 amide bonds. The number of esters is 1. The molecule has 0 radical (unpaired) electrons. The van der Waals surface area contributed by atoms with Crippen molar-refractivity contribution in [1.82, 2.24) is 9.78 Å². The highest BCUT2D eigenvalue weighted by atomic mass is 16.5. The second-order valence-electron chi connectivity index (χ2n) is 5.87. The minimum absolute atomic E-state index is 0.0216. The van der Waals surface area contributed by atoms with Crippen LogP contribution in [0.3, 0.4) is 0 Å². The van der Waals surface area contributed by atoms with Gasteiger partial charge in [-0.1, -0.05) is 30.3 Å². The fourth-order valence-corrected chi connectivity index (χ4v) is 2.67. The van der Waals surface area contributed by atoms with Crippen LogP contribution in [0.15, 0.2) is 65.5 Å². The van der Waals surface area contributed by atoms with E-state index in [0.29, 0.717) is 5.69 Å². The molecule has 2 aromatic carbocycles. The largest absolute Gasteiger partial charge is 0.494 e. The Morgan fingerprint density at radius 1 is 1.07 bits per heavy atom. The number of nitrogens with zero attached hydrogens (tertiary/aromatic N) is 2. The number of methoxy groups -OCH3 is 1. The van der Waals surface area contributed by atoms with Gasteiger partial charge in [0, 0.05) is 0 Å². The zero-order valence-corrected chi connectivity index (χ0v) is 15.9. The number of para-hydroxylation sites is 2. The summed E-state index contributed by atoms with van der Waals surface area (Å²) in [6.45, 7) is 1.90. The van der Waals surface area contributed by atoms with Crippen molar-refractivity contribution in [2.24, 2.45) is 0 Å². The molecule has 3 rings (SSSR count). The van der Waals surface area contributed by atoms with E-state index in [4.69, 9.17) is 9.47 Å². The Morgan fingerprint density at radius 3 is 2.45 bits per heavy atom. The van der Waals surface area contributed by atoms with E-state index in [2.05, 4.69) is 10.4 Å². The molecule has 0 aliphatic rings. The Kier molecular flexibility index (Phi) is 6.03. The summed E-state index contributed by atoms with van der Waals surface area (Å²) < 4.78 is 11.3. The van der Waals surface area contributed by atoms with Crippen molar-refractivity contribution in [1.29, 1.82) is 0 Å². The minimum Gasteiger partial charge on any atom is -0.494 e. The Bertz CT molecular complexity index is 1090. The maximum Gasteiger partial charge on any atom is 0.340 e. The van der Waals surface area contributed by atoms with Crippen LogP contribution < -0.4 is 15.6 Å². The highest BCUT2D eigenvalue weighted by Gasteiger charge is 2.20. The van der Waals surface area contributed by atoms with Gasteiger partial charge in [-0.15, -0.1) is 0 Å². The summed E-state index contributed by atoms with van der Waals surface area (Å²) in [7, 11) is 1.34. The third-order valence-corrected chi connectivity index (χ3v) is 4.00. The molecule has 29 heavy (non-hydrogen) atoms. The van der Waals surface area contributed by atoms with Crippen LogP contribution in [-0.2, 0) is 4.74 Å². The summed E-state index contributed by atoms with van der Waals surface area (Å²) in [5.74, 6) is -1.17. The minimum atomic E-state index is -0.636. The lowest BCUT2D eigenvalue weighted by Crippen LogP contribution is -2.26. The van der Waals surface area contributed by atoms with E-state index in [1.807, 2.05) is 0 Å². The normalized spacial score (nSPS) is 10.3. The maximum absolute atomic E-state index is 12.9. The summed E-state index contributed by atoms with van der Waals surface area (Å²) in [6.07, 6.45) is 0. The van der Waals surface area contributed by atoms with Gasteiger partial charge in [-0.25, -0.2) is 4.79 Å². The number of benzene rings is 2. The van der Waals surface area contributed by atoms with E-state index in [1.54, 1.807) is 61.5 Å². The van der Waals surface area contributed by atoms with E-state index >= 15 is 0 Å². The van der Waals surface area contributed by atoms with Crippen molar-refractivity contribution in [3.05, 3.63) is 82.3 Å². The average molecular weight is 393 g/mol. The molecule has 0 fully saturated rings. The first kappa shape index (κ1) is 19.8. The van der Waals surface area contributed by atoms with E-state index in [9.17, 15) is 14.4 Å². The molecule has 0 aliphatic carbocycles. The van der Waals surface area contributed by atoms with Crippen molar-refractivity contribution in [2.75, 3.05) is 19.0 Å². The molecule has 0 atom stereocenters. The van der Waals surface area contributed by atoms with Crippen LogP contribution in [0.5, 0.6) is 5.75 Å². The van der Waals surface area contributed by atoms with Crippen molar-refractivity contribution in [3.63, 3.8) is 0 Å². The van der Waals surface area contributed by atoms with Gasteiger partial charge in [-0.05, 0) is 31.2 Å². The lowest BCUT2D eigenvalue weighted by Gasteiger charge is -2.13. The van der Waals surface area contributed by atoms with Gasteiger partial charge >= 0.3 is 5.97 Å². The van der Waals surface area contributed by atoms with Crippen molar-refractivity contribution in [2.45, 2.75) is 6.92 Å². The summed E-state index contributed by atoms with van der Waals surface area (Å²) >= 11 is 0. The number of aromatic nitrogens is 2. The molecule has 8 nitrogen and oxygen atoms in total. The van der Waals surface area contributed by atoms with Gasteiger partial charge in [0.15, 0.2) is 11.4 Å². The fraction of sp³-hybridized carbons (Fsp3) is 0.143. The summed E-state index contributed by atoms with van der Waals surface area (Å²) in [6, 6.07) is 16.3. The topological polar surface area (TPSA) is 99.5 Å². The third-order valence-electron chi connectivity index (χ3n) is 4.00. The molecule has 0 aliphatic heterocycles. The highest BCUT2D eigenvalue weighted by Crippen LogP contribution is 2.20. The van der Waals surface area contributed by atoms with Crippen molar-refractivity contribution >= 4 is 17.6 Å². The van der Waals surface area contributed by atoms with Gasteiger partial charge in [0.2, 0.25) is 0 Å². The quantitative estimate of drug-likeness (QED) is 0.647. The van der Waals surface area contributed by atoms with Crippen LogP contribution in [0.1, 0.15) is 27.8 Å². The summed E-state index contributed by atoms with van der Waals surface area (Å²) in [5, 5.41) is 6.81. The standard InChI is InChI=1S/C21H19N3O5/c1-3-29-21(27)15-11-7-8-12-16(15)22-20(26)19-17(28-2)13-18(25)24(23-19)14-9-5-4-6-10-14/h4-13H,3H2,1-2H3,(H,22,26). The predicted molar refractivity (Wildman–Crippen MR) is 107 cm³/mol. The number of ether oxygens (including phenoxy) is 2. The van der Waals surface area contributed by atoms with Gasteiger partial charge in [0.25, 0.3) is 11.5 Å². The molecule has 1 N–H and O–H groups in total. The van der Waals surface area contributed by atoms with Gasteiger partial charge in [-0.2, -0.15) is 9.78 Å². The smallest absolute Gasteiger partial charge is 0.340 e. The molecule has 0 saturated carbocycles. The number of hydrogen-bond donors (Lipinski definition) is 1. The molecule has 0 spiro atoms. The molecular formula is C21H19N3O5. The van der Waals surface area contributed by atoms with Gasteiger partial charge in [-0.3, -0.25) is 9.59 Å². The molecule has 1 heterocycles.